The molecular formula is C23H24N6O11. The van der Waals surface area contributed by atoms with Gasteiger partial charge in [-0.2, -0.15) is 0 Å². The van der Waals surface area contributed by atoms with Crippen LogP contribution >= 0.6 is 0 Å². The van der Waals surface area contributed by atoms with Crippen LogP contribution in [0.5, 0.6) is 0 Å². The molecule has 0 radical (unpaired) electrons. The lowest BCUT2D eigenvalue weighted by molar-refractivity contribution is -0.383. The fourth-order valence-electron chi connectivity index (χ4n) is 4.09. The van der Waals surface area contributed by atoms with Gasteiger partial charge in [0.25, 0.3) is 0 Å². The number of benzene rings is 2. The van der Waals surface area contributed by atoms with Gasteiger partial charge in [-0.05, 0) is 40.5 Å². The zero-order valence-corrected chi connectivity index (χ0v) is 20.7. The lowest BCUT2D eigenvalue weighted by Gasteiger charge is -2.33. The predicted octanol–water partition coefficient (Wildman–Crippen LogP) is 0.728. The van der Waals surface area contributed by atoms with Gasteiger partial charge in [0.15, 0.2) is 5.52 Å². The van der Waals surface area contributed by atoms with Crippen LogP contribution in [-0.2, 0) is 25.6 Å². The van der Waals surface area contributed by atoms with Crippen molar-refractivity contribution in [1.29, 1.82) is 0 Å². The number of carbonyl (C=O) groups is 4. The van der Waals surface area contributed by atoms with Gasteiger partial charge >= 0.3 is 29.6 Å². The number of anilines is 2. The fraction of sp³-hybridized carbons (Fsp3) is 0.304. The van der Waals surface area contributed by atoms with Crippen molar-refractivity contribution in [1.82, 2.24) is 20.1 Å². The SMILES string of the molecule is O=C(O)CN(CC(=O)O)CC(Cc1ccc(Nc2ccc([N+](=O)[O-])c3nonc23)cc1)N(CC(=O)O)CC(=O)O. The van der Waals surface area contributed by atoms with Crippen molar-refractivity contribution in [2.75, 3.05) is 38.0 Å². The molecule has 17 nitrogen and oxygen atoms in total. The molecule has 1 aromatic heterocycles. The average molecular weight is 560 g/mol. The van der Waals surface area contributed by atoms with Crippen LogP contribution in [0.2, 0.25) is 0 Å². The van der Waals surface area contributed by atoms with Gasteiger partial charge in [-0.1, -0.05) is 12.1 Å². The van der Waals surface area contributed by atoms with Gasteiger partial charge in [0.05, 0.1) is 36.8 Å². The third-order valence-corrected chi connectivity index (χ3v) is 5.67. The monoisotopic (exact) mass is 560 g/mol. The number of carboxylic acids is 4. The van der Waals surface area contributed by atoms with Crippen molar-refractivity contribution in [2.45, 2.75) is 12.5 Å². The molecule has 3 rings (SSSR count). The minimum Gasteiger partial charge on any atom is -0.480 e. The smallest absolute Gasteiger partial charge is 0.317 e. The molecule has 5 N–H and O–H groups in total. The Labute approximate surface area is 224 Å². The molecule has 0 amide bonds. The van der Waals surface area contributed by atoms with Gasteiger partial charge in [0.1, 0.15) is 0 Å². The van der Waals surface area contributed by atoms with E-state index in [9.17, 15) is 49.7 Å². The summed E-state index contributed by atoms with van der Waals surface area (Å²) in [4.78, 5) is 58.2. The van der Waals surface area contributed by atoms with Gasteiger partial charge in [-0.25, -0.2) is 4.63 Å². The number of non-ortho nitro benzene ring substituents is 1. The van der Waals surface area contributed by atoms with Gasteiger partial charge in [-0.15, -0.1) is 0 Å². The molecule has 0 saturated carbocycles. The van der Waals surface area contributed by atoms with Crippen molar-refractivity contribution in [3.63, 3.8) is 0 Å². The maximum Gasteiger partial charge on any atom is 0.317 e. The number of fused-ring (bicyclic) bond motifs is 1. The van der Waals surface area contributed by atoms with Crippen molar-refractivity contribution < 1.29 is 49.2 Å². The highest BCUT2D eigenvalue weighted by Crippen LogP contribution is 2.30. The summed E-state index contributed by atoms with van der Waals surface area (Å²) < 4.78 is 4.64. The molecule has 17 heteroatoms. The summed E-state index contributed by atoms with van der Waals surface area (Å²) in [5.41, 5.74) is 1.32. The van der Waals surface area contributed by atoms with E-state index in [2.05, 4.69) is 20.3 Å². The number of aliphatic carboxylic acids is 4. The first-order chi connectivity index (χ1) is 18.9. The van der Waals surface area contributed by atoms with Crippen molar-refractivity contribution in [3.8, 4) is 0 Å². The standard InChI is InChI=1S/C23H24N6O11/c30-18(31)9-27(10-19(32)33)8-15(28(11-20(34)35)12-21(36)37)7-13-1-3-14(4-2-13)24-16-5-6-17(29(38)39)23-22(16)25-40-26-23/h1-6,15,24H,7-12H2,(H,30,31)(H,32,33)(H,34,35)(H,36,37). The summed E-state index contributed by atoms with van der Waals surface area (Å²) in [6, 6.07) is 8.38. The summed E-state index contributed by atoms with van der Waals surface area (Å²) in [7, 11) is 0. The molecule has 0 fully saturated rings. The summed E-state index contributed by atoms with van der Waals surface area (Å²) >= 11 is 0. The second kappa shape index (κ2) is 13.1. The van der Waals surface area contributed by atoms with Gasteiger partial charge in [-0.3, -0.25) is 39.1 Å². The van der Waals surface area contributed by atoms with E-state index < -0.39 is 61.0 Å². The minimum absolute atomic E-state index is 0.0429. The molecule has 0 spiro atoms. The Kier molecular flexibility index (Phi) is 9.61. The second-order valence-corrected chi connectivity index (χ2v) is 8.68. The number of carboxylic acid groups (broad SMARTS) is 4. The average Bonchev–Trinajstić information content (AvgIpc) is 3.33. The quantitative estimate of drug-likeness (QED) is 0.120. The third-order valence-electron chi connectivity index (χ3n) is 5.67. The molecule has 0 aliphatic carbocycles. The molecule has 40 heavy (non-hydrogen) atoms. The summed E-state index contributed by atoms with van der Waals surface area (Å²) in [6.45, 7) is -2.89. The number of nitrogens with one attached hydrogen (secondary N) is 1. The minimum atomic E-state index is -1.31. The number of aromatic nitrogens is 2. The zero-order chi connectivity index (χ0) is 29.4. The van der Waals surface area contributed by atoms with E-state index in [-0.39, 0.29) is 29.7 Å². The van der Waals surface area contributed by atoms with E-state index in [4.69, 9.17) is 0 Å². The Morgan fingerprint density at radius 3 is 1.93 bits per heavy atom. The number of nitro groups is 1. The first kappa shape index (κ1) is 29.4. The van der Waals surface area contributed by atoms with E-state index >= 15 is 0 Å². The highest BCUT2D eigenvalue weighted by atomic mass is 16.6. The Balaban J connectivity index is 1.85. The fourth-order valence-corrected chi connectivity index (χ4v) is 4.09. The first-order valence-corrected chi connectivity index (χ1v) is 11.5. The number of hydrogen-bond donors (Lipinski definition) is 5. The van der Waals surface area contributed by atoms with E-state index in [0.717, 1.165) is 9.80 Å². The molecule has 1 atom stereocenters. The van der Waals surface area contributed by atoms with Crippen molar-refractivity contribution in [3.05, 3.63) is 52.1 Å². The van der Waals surface area contributed by atoms with Crippen LogP contribution in [0.3, 0.4) is 0 Å². The van der Waals surface area contributed by atoms with Crippen molar-refractivity contribution in [2.24, 2.45) is 0 Å². The molecule has 1 unspecified atom stereocenters. The Morgan fingerprint density at radius 1 is 0.850 bits per heavy atom. The van der Waals surface area contributed by atoms with Crippen LogP contribution in [0.15, 0.2) is 41.0 Å². The Bertz CT molecular complexity index is 1380. The Hall–Kier alpha value is -5.16. The molecule has 2 aromatic carbocycles. The molecule has 3 aromatic rings. The van der Waals surface area contributed by atoms with E-state index in [0.29, 0.717) is 16.9 Å². The summed E-state index contributed by atoms with van der Waals surface area (Å²) in [6.07, 6.45) is 0.0611. The highest BCUT2D eigenvalue weighted by Gasteiger charge is 2.27. The molecule has 212 valence electrons. The summed E-state index contributed by atoms with van der Waals surface area (Å²) in [5, 5.41) is 58.5. The van der Waals surface area contributed by atoms with Crippen LogP contribution in [-0.4, -0.2) is 108 Å². The molecule has 0 aliphatic heterocycles. The lowest BCUT2D eigenvalue weighted by Crippen LogP contribution is -2.50. The predicted molar refractivity (Wildman–Crippen MR) is 134 cm³/mol. The Morgan fingerprint density at radius 2 is 1.40 bits per heavy atom. The van der Waals surface area contributed by atoms with Gasteiger partial charge in [0.2, 0.25) is 5.52 Å². The van der Waals surface area contributed by atoms with Crippen molar-refractivity contribution >= 4 is 52.0 Å². The largest absolute Gasteiger partial charge is 0.480 e. The topological polar surface area (TPSA) is 250 Å². The molecule has 1 heterocycles. The van der Waals surface area contributed by atoms with Crippen LogP contribution in [0.25, 0.3) is 11.0 Å². The molecular weight excluding hydrogens is 536 g/mol. The molecule has 0 aliphatic rings. The van der Waals surface area contributed by atoms with Gasteiger partial charge in [0, 0.05) is 24.3 Å². The van der Waals surface area contributed by atoms with E-state index in [1.54, 1.807) is 24.3 Å². The van der Waals surface area contributed by atoms with Crippen LogP contribution in [0.1, 0.15) is 5.56 Å². The third kappa shape index (κ3) is 8.17. The van der Waals surface area contributed by atoms with Gasteiger partial charge < -0.3 is 25.7 Å². The number of nitrogens with zero attached hydrogens (tertiary/aromatic N) is 5. The van der Waals surface area contributed by atoms with E-state index in [1.807, 2.05) is 0 Å². The van der Waals surface area contributed by atoms with E-state index in [1.165, 1.54) is 12.1 Å². The van der Waals surface area contributed by atoms with Crippen LogP contribution in [0.4, 0.5) is 17.1 Å². The second-order valence-electron chi connectivity index (χ2n) is 8.68. The normalized spacial score (nSPS) is 11.9. The lowest BCUT2D eigenvalue weighted by atomic mass is 10.0. The number of hydrogen-bond acceptors (Lipinski definition) is 12. The zero-order valence-electron chi connectivity index (χ0n) is 20.7. The summed E-state index contributed by atoms with van der Waals surface area (Å²) in [5.74, 6) is -5.24. The number of nitro benzene ring substituents is 1. The highest BCUT2D eigenvalue weighted by molar-refractivity contribution is 5.94. The molecule has 0 bridgehead atoms. The maximum atomic E-state index is 11.4. The van der Waals surface area contributed by atoms with Crippen LogP contribution < -0.4 is 5.32 Å². The maximum absolute atomic E-state index is 11.4. The number of rotatable bonds is 16. The molecule has 0 saturated heterocycles. The first-order valence-electron chi connectivity index (χ1n) is 11.5. The van der Waals surface area contributed by atoms with Crippen LogP contribution in [0, 0.1) is 10.1 Å².